The molecular weight excluding hydrogens is 334 g/mol. The molecule has 0 N–H and O–H groups in total. The summed E-state index contributed by atoms with van der Waals surface area (Å²) >= 11 is 1.36. The Morgan fingerprint density at radius 1 is 1.25 bits per heavy atom. The van der Waals surface area contributed by atoms with Crippen molar-refractivity contribution in [3.8, 4) is 0 Å². The van der Waals surface area contributed by atoms with Gasteiger partial charge in [0.05, 0.1) is 26.3 Å². The third kappa shape index (κ3) is 5.27. The first-order valence-corrected chi connectivity index (χ1v) is 9.15. The molecule has 2 aliphatic rings. The molecule has 136 valence electrons. The lowest BCUT2D eigenvalue weighted by Gasteiger charge is -2.34. The Morgan fingerprint density at radius 2 is 1.92 bits per heavy atom. The highest BCUT2D eigenvalue weighted by Gasteiger charge is 2.33. The number of morpholine rings is 1. The predicted molar refractivity (Wildman–Crippen MR) is 91.4 cm³/mol. The highest BCUT2D eigenvalue weighted by molar-refractivity contribution is 8.13. The maximum atomic E-state index is 12.4. The second kappa shape index (κ2) is 8.06. The summed E-state index contributed by atoms with van der Waals surface area (Å²) in [7, 11) is 0. The van der Waals surface area contributed by atoms with Crippen molar-refractivity contribution in [2.45, 2.75) is 32.5 Å². The predicted octanol–water partition coefficient (Wildman–Crippen LogP) is 1.79. The molecule has 0 aromatic rings. The van der Waals surface area contributed by atoms with Crippen LogP contribution in [-0.4, -0.2) is 84.5 Å². The van der Waals surface area contributed by atoms with Crippen LogP contribution in [0.5, 0.6) is 0 Å². The Morgan fingerprint density at radius 3 is 2.50 bits per heavy atom. The van der Waals surface area contributed by atoms with Crippen molar-refractivity contribution in [1.82, 2.24) is 9.80 Å². The molecule has 24 heavy (non-hydrogen) atoms. The molecule has 0 bridgehead atoms. The standard InChI is InChI=1S/C15H25N3O5S/c1-15(2,3)23-14(20)18-10-11(9-16-12(18)24-4)22-13(19)17-5-7-21-8-6-17/h11H,5-10H2,1-4H3. The summed E-state index contributed by atoms with van der Waals surface area (Å²) in [6, 6.07) is 0. The Hall–Kier alpha value is -1.48. The van der Waals surface area contributed by atoms with Gasteiger partial charge in [-0.05, 0) is 27.0 Å². The minimum absolute atomic E-state index is 0.241. The van der Waals surface area contributed by atoms with Gasteiger partial charge in [0.2, 0.25) is 0 Å². The number of carbonyl (C=O) groups excluding carboxylic acids is 2. The van der Waals surface area contributed by atoms with E-state index in [0.717, 1.165) is 0 Å². The van der Waals surface area contributed by atoms with E-state index >= 15 is 0 Å². The van der Waals surface area contributed by atoms with Gasteiger partial charge in [0.25, 0.3) is 0 Å². The smallest absolute Gasteiger partial charge is 0.416 e. The van der Waals surface area contributed by atoms with Crippen LogP contribution in [0.2, 0.25) is 0 Å². The topological polar surface area (TPSA) is 80.7 Å². The summed E-state index contributed by atoms with van der Waals surface area (Å²) < 4.78 is 16.1. The number of amides is 2. The third-order valence-electron chi connectivity index (χ3n) is 3.38. The number of nitrogens with zero attached hydrogens (tertiary/aromatic N) is 3. The van der Waals surface area contributed by atoms with Crippen molar-refractivity contribution >= 4 is 29.1 Å². The summed E-state index contributed by atoms with van der Waals surface area (Å²) in [5.41, 5.74) is -0.599. The zero-order valence-corrected chi connectivity index (χ0v) is 15.4. The van der Waals surface area contributed by atoms with Crippen LogP contribution in [0.25, 0.3) is 0 Å². The number of carbonyl (C=O) groups is 2. The molecule has 2 amide bonds. The third-order valence-corrected chi connectivity index (χ3v) is 4.10. The van der Waals surface area contributed by atoms with E-state index in [1.54, 1.807) is 25.7 Å². The fourth-order valence-corrected chi connectivity index (χ4v) is 2.86. The van der Waals surface area contributed by atoms with Gasteiger partial charge in [0.1, 0.15) is 11.7 Å². The van der Waals surface area contributed by atoms with Gasteiger partial charge in [0, 0.05) is 13.1 Å². The summed E-state index contributed by atoms with van der Waals surface area (Å²) in [4.78, 5) is 31.9. The van der Waals surface area contributed by atoms with Crippen LogP contribution in [0.1, 0.15) is 20.8 Å². The van der Waals surface area contributed by atoms with Crippen LogP contribution >= 0.6 is 11.8 Å². The normalized spacial score (nSPS) is 22.0. The molecule has 0 aliphatic carbocycles. The molecule has 1 atom stereocenters. The van der Waals surface area contributed by atoms with Crippen molar-refractivity contribution < 1.29 is 23.8 Å². The fourth-order valence-electron chi connectivity index (χ4n) is 2.29. The molecular formula is C15H25N3O5S. The van der Waals surface area contributed by atoms with Gasteiger partial charge in [-0.15, -0.1) is 0 Å². The van der Waals surface area contributed by atoms with Crippen LogP contribution in [-0.2, 0) is 14.2 Å². The number of thioether (sulfide) groups is 1. The molecule has 0 spiro atoms. The van der Waals surface area contributed by atoms with Crippen LogP contribution in [0.3, 0.4) is 0 Å². The van der Waals surface area contributed by atoms with Crippen molar-refractivity contribution in [3.63, 3.8) is 0 Å². The van der Waals surface area contributed by atoms with E-state index < -0.39 is 23.9 Å². The second-order valence-electron chi connectivity index (χ2n) is 6.52. The number of amidine groups is 1. The summed E-state index contributed by atoms with van der Waals surface area (Å²) in [5, 5.41) is 0.572. The lowest BCUT2D eigenvalue weighted by molar-refractivity contribution is 0.00299. The molecule has 2 aliphatic heterocycles. The molecule has 1 saturated heterocycles. The van der Waals surface area contributed by atoms with Gasteiger partial charge < -0.3 is 19.1 Å². The second-order valence-corrected chi connectivity index (χ2v) is 7.30. The summed E-state index contributed by atoms with van der Waals surface area (Å²) in [6.07, 6.45) is 0.484. The molecule has 8 nitrogen and oxygen atoms in total. The molecule has 2 heterocycles. The van der Waals surface area contributed by atoms with Crippen LogP contribution in [0, 0.1) is 0 Å². The molecule has 2 rings (SSSR count). The number of hydrogen-bond acceptors (Lipinski definition) is 7. The fraction of sp³-hybridized carbons (Fsp3) is 0.800. The zero-order valence-electron chi connectivity index (χ0n) is 14.6. The van der Waals surface area contributed by atoms with Crippen molar-refractivity contribution in [2.24, 2.45) is 4.99 Å². The maximum absolute atomic E-state index is 12.4. The summed E-state index contributed by atoms with van der Waals surface area (Å²) in [5.74, 6) is 0. The van der Waals surface area contributed by atoms with Gasteiger partial charge in [-0.25, -0.2) is 9.59 Å². The first-order valence-electron chi connectivity index (χ1n) is 7.92. The number of hydrogen-bond donors (Lipinski definition) is 0. The van der Waals surface area contributed by atoms with E-state index in [4.69, 9.17) is 14.2 Å². The van der Waals surface area contributed by atoms with Crippen LogP contribution in [0.4, 0.5) is 9.59 Å². The Labute approximate surface area is 146 Å². The SMILES string of the molecule is CSC1=NCC(OC(=O)N2CCOCC2)CN1C(=O)OC(C)(C)C. The largest absolute Gasteiger partial charge is 0.443 e. The van der Waals surface area contributed by atoms with Crippen LogP contribution in [0.15, 0.2) is 4.99 Å². The van der Waals surface area contributed by atoms with Crippen molar-refractivity contribution in [2.75, 3.05) is 45.6 Å². The van der Waals surface area contributed by atoms with E-state index in [1.807, 2.05) is 6.26 Å². The van der Waals surface area contributed by atoms with E-state index in [-0.39, 0.29) is 6.54 Å². The average molecular weight is 359 g/mol. The van der Waals surface area contributed by atoms with Crippen LogP contribution < -0.4 is 0 Å². The molecule has 9 heteroatoms. The number of aliphatic imine (C=N–C) groups is 1. The van der Waals surface area contributed by atoms with E-state index in [2.05, 4.69) is 4.99 Å². The van der Waals surface area contributed by atoms with Crippen molar-refractivity contribution in [3.05, 3.63) is 0 Å². The van der Waals surface area contributed by atoms with Gasteiger partial charge in [0.15, 0.2) is 5.17 Å². The molecule has 0 saturated carbocycles. The summed E-state index contributed by atoms with van der Waals surface area (Å²) in [6.45, 7) is 8.05. The zero-order chi connectivity index (χ0) is 17.7. The van der Waals surface area contributed by atoms with Crippen molar-refractivity contribution in [1.29, 1.82) is 0 Å². The minimum atomic E-state index is -0.599. The monoisotopic (exact) mass is 359 g/mol. The molecule has 1 unspecified atom stereocenters. The highest BCUT2D eigenvalue weighted by atomic mass is 32.2. The molecule has 0 aromatic heterocycles. The Kier molecular flexibility index (Phi) is 6.34. The quantitative estimate of drug-likeness (QED) is 0.710. The first-order chi connectivity index (χ1) is 11.3. The van der Waals surface area contributed by atoms with Gasteiger partial charge in [-0.2, -0.15) is 0 Å². The Bertz CT molecular complexity index is 500. The molecule has 0 radical (unpaired) electrons. The lowest BCUT2D eigenvalue weighted by atomic mass is 10.2. The van der Waals surface area contributed by atoms with E-state index in [0.29, 0.717) is 38.0 Å². The average Bonchev–Trinajstić information content (AvgIpc) is 2.54. The van der Waals surface area contributed by atoms with Gasteiger partial charge >= 0.3 is 12.2 Å². The molecule has 0 aromatic carbocycles. The number of ether oxygens (including phenoxy) is 3. The lowest BCUT2D eigenvalue weighted by Crippen LogP contribution is -2.50. The van der Waals surface area contributed by atoms with E-state index in [9.17, 15) is 9.59 Å². The first kappa shape index (κ1) is 18.9. The molecule has 1 fully saturated rings. The van der Waals surface area contributed by atoms with E-state index in [1.165, 1.54) is 16.7 Å². The maximum Gasteiger partial charge on any atom is 0.416 e. The van der Waals surface area contributed by atoms with Gasteiger partial charge in [-0.3, -0.25) is 9.89 Å². The highest BCUT2D eigenvalue weighted by Crippen LogP contribution is 2.19. The number of rotatable bonds is 1. The van der Waals surface area contributed by atoms with Gasteiger partial charge in [-0.1, -0.05) is 11.8 Å². The minimum Gasteiger partial charge on any atom is -0.443 e. The Balaban J connectivity index is 1.97.